The van der Waals surface area contributed by atoms with Crippen molar-refractivity contribution in [1.82, 2.24) is 5.32 Å². The zero-order valence-corrected chi connectivity index (χ0v) is 12.4. The Morgan fingerprint density at radius 2 is 2.10 bits per heavy atom. The number of nitrogens with zero attached hydrogens (tertiary/aromatic N) is 1. The number of benzene rings is 1. The lowest BCUT2D eigenvalue weighted by Gasteiger charge is -2.42. The highest BCUT2D eigenvalue weighted by Gasteiger charge is 2.42. The Morgan fingerprint density at radius 3 is 2.70 bits per heavy atom. The molecule has 1 aliphatic carbocycles. The molecule has 3 rings (SSSR count). The van der Waals surface area contributed by atoms with E-state index in [1.807, 2.05) is 12.1 Å². The summed E-state index contributed by atoms with van der Waals surface area (Å²) in [6.07, 6.45) is 2.66. The van der Waals surface area contributed by atoms with Crippen molar-refractivity contribution in [3.05, 3.63) is 35.9 Å². The summed E-state index contributed by atoms with van der Waals surface area (Å²) in [7, 11) is 3.83. The smallest absolute Gasteiger partial charge is 0.251 e. The lowest BCUT2D eigenvalue weighted by molar-refractivity contribution is 0.0963. The molecule has 20 heavy (non-hydrogen) atoms. The van der Waals surface area contributed by atoms with Crippen molar-refractivity contribution in [2.45, 2.75) is 25.8 Å². The summed E-state index contributed by atoms with van der Waals surface area (Å²) in [6.45, 7) is 6.56. The number of hydrogen-bond acceptors (Lipinski definition) is 2. The van der Waals surface area contributed by atoms with Gasteiger partial charge in [0.2, 0.25) is 0 Å². The zero-order chi connectivity index (χ0) is 14.4. The van der Waals surface area contributed by atoms with Gasteiger partial charge in [-0.3, -0.25) is 4.79 Å². The van der Waals surface area contributed by atoms with E-state index in [0.717, 1.165) is 11.5 Å². The maximum absolute atomic E-state index is 11.8. The Bertz CT molecular complexity index is 574. The van der Waals surface area contributed by atoms with Crippen LogP contribution in [0.4, 0.5) is 5.69 Å². The molecule has 0 saturated heterocycles. The number of carbonyl (C=O) groups excluding carboxylic acids is 1. The largest absolute Gasteiger partial charge is 0.370 e. The van der Waals surface area contributed by atoms with Gasteiger partial charge in [-0.15, -0.1) is 0 Å². The molecule has 1 amide bonds. The molecule has 0 spiro atoms. The van der Waals surface area contributed by atoms with Gasteiger partial charge < -0.3 is 10.2 Å². The van der Waals surface area contributed by atoms with Gasteiger partial charge in [0, 0.05) is 42.9 Å². The van der Waals surface area contributed by atoms with Crippen LogP contribution in [-0.4, -0.2) is 26.0 Å². The molecule has 1 heterocycles. The highest BCUT2D eigenvalue weighted by atomic mass is 16.1. The molecule has 2 atom stereocenters. The molecule has 3 heteroatoms. The Morgan fingerprint density at radius 1 is 1.40 bits per heavy atom. The van der Waals surface area contributed by atoms with Crippen LogP contribution in [0.5, 0.6) is 0 Å². The SMILES string of the molecule is C=C1c2cc(C(=O)NC)ccc2N(C)C(C2CC2)[C@H]1C. The molecule has 1 aliphatic heterocycles. The minimum Gasteiger partial charge on any atom is -0.370 e. The fraction of sp³-hybridized carbons (Fsp3) is 0.471. The molecule has 3 nitrogen and oxygen atoms in total. The van der Waals surface area contributed by atoms with E-state index < -0.39 is 0 Å². The maximum atomic E-state index is 11.8. The molecule has 1 fully saturated rings. The maximum Gasteiger partial charge on any atom is 0.251 e. The fourth-order valence-corrected chi connectivity index (χ4v) is 3.50. The number of carbonyl (C=O) groups is 1. The van der Waals surface area contributed by atoms with Crippen LogP contribution >= 0.6 is 0 Å². The Hall–Kier alpha value is -1.77. The molecular formula is C17H22N2O. The van der Waals surface area contributed by atoms with Crippen molar-refractivity contribution in [3.8, 4) is 0 Å². The van der Waals surface area contributed by atoms with Crippen molar-refractivity contribution in [2.24, 2.45) is 11.8 Å². The van der Waals surface area contributed by atoms with Crippen LogP contribution < -0.4 is 10.2 Å². The average Bonchev–Trinajstić information content (AvgIpc) is 3.28. The minimum atomic E-state index is -0.0415. The highest BCUT2D eigenvalue weighted by Crippen LogP contribution is 2.48. The molecule has 1 N–H and O–H groups in total. The second-order valence-electron chi connectivity index (χ2n) is 6.06. The van der Waals surface area contributed by atoms with E-state index >= 15 is 0 Å². The molecule has 1 saturated carbocycles. The van der Waals surface area contributed by atoms with Gasteiger partial charge in [0.15, 0.2) is 0 Å². The van der Waals surface area contributed by atoms with Crippen molar-refractivity contribution in [1.29, 1.82) is 0 Å². The molecule has 1 unspecified atom stereocenters. The van der Waals surface area contributed by atoms with Crippen LogP contribution in [0.25, 0.3) is 5.57 Å². The van der Waals surface area contributed by atoms with E-state index in [-0.39, 0.29) is 5.91 Å². The van der Waals surface area contributed by atoms with Gasteiger partial charge in [-0.1, -0.05) is 13.5 Å². The molecule has 0 bridgehead atoms. The van der Waals surface area contributed by atoms with Crippen LogP contribution in [0.1, 0.15) is 35.7 Å². The summed E-state index contributed by atoms with van der Waals surface area (Å²) in [4.78, 5) is 14.2. The van der Waals surface area contributed by atoms with Crippen molar-refractivity contribution >= 4 is 17.2 Å². The average molecular weight is 270 g/mol. The normalized spacial score (nSPS) is 25.4. The zero-order valence-electron chi connectivity index (χ0n) is 12.4. The predicted octanol–water partition coefficient (Wildman–Crippen LogP) is 2.92. The standard InChI is InChI=1S/C17H22N2O/c1-10-11(2)16(12-5-6-12)19(4)15-8-7-13(9-14(10)15)17(20)18-3/h7-9,11-12,16H,1,5-6H2,2-4H3,(H,18,20)/t11-,16?/m0/s1. The van der Waals surface area contributed by atoms with Gasteiger partial charge in [-0.25, -0.2) is 0 Å². The van der Waals surface area contributed by atoms with E-state index in [4.69, 9.17) is 0 Å². The first-order chi connectivity index (χ1) is 9.54. The lowest BCUT2D eigenvalue weighted by Crippen LogP contribution is -2.42. The van der Waals surface area contributed by atoms with Gasteiger partial charge in [-0.05, 0) is 42.5 Å². The third-order valence-electron chi connectivity index (χ3n) is 4.83. The predicted molar refractivity (Wildman–Crippen MR) is 82.9 cm³/mol. The van der Waals surface area contributed by atoms with Crippen LogP contribution in [-0.2, 0) is 0 Å². The molecule has 1 aromatic rings. The van der Waals surface area contributed by atoms with Gasteiger partial charge in [-0.2, -0.15) is 0 Å². The third kappa shape index (κ3) is 1.92. The Kier molecular flexibility index (Phi) is 3.08. The molecule has 1 aromatic carbocycles. The first-order valence-corrected chi connectivity index (χ1v) is 7.32. The Balaban J connectivity index is 2.04. The first kappa shape index (κ1) is 13.2. The number of hydrogen-bond donors (Lipinski definition) is 1. The first-order valence-electron chi connectivity index (χ1n) is 7.32. The van der Waals surface area contributed by atoms with Gasteiger partial charge >= 0.3 is 0 Å². The lowest BCUT2D eigenvalue weighted by atomic mass is 9.80. The monoisotopic (exact) mass is 270 g/mol. The summed E-state index contributed by atoms with van der Waals surface area (Å²) in [5.41, 5.74) is 4.20. The Labute approximate surface area is 120 Å². The second-order valence-corrected chi connectivity index (χ2v) is 6.06. The van der Waals surface area contributed by atoms with E-state index in [2.05, 4.69) is 36.8 Å². The van der Waals surface area contributed by atoms with Gasteiger partial charge in [0.25, 0.3) is 5.91 Å². The molecular weight excluding hydrogens is 248 g/mol. The fourth-order valence-electron chi connectivity index (χ4n) is 3.50. The van der Waals surface area contributed by atoms with Crippen LogP contribution in [0.2, 0.25) is 0 Å². The highest BCUT2D eigenvalue weighted by molar-refractivity contribution is 5.96. The van der Waals surface area contributed by atoms with Gasteiger partial charge in [0.05, 0.1) is 0 Å². The van der Waals surface area contributed by atoms with Crippen LogP contribution in [0, 0.1) is 11.8 Å². The van der Waals surface area contributed by atoms with Crippen molar-refractivity contribution in [2.75, 3.05) is 19.0 Å². The second kappa shape index (κ2) is 4.65. The summed E-state index contributed by atoms with van der Waals surface area (Å²) < 4.78 is 0. The van der Waals surface area contributed by atoms with E-state index in [0.29, 0.717) is 17.5 Å². The number of fused-ring (bicyclic) bond motifs is 1. The summed E-state index contributed by atoms with van der Waals surface area (Å²) >= 11 is 0. The van der Waals surface area contributed by atoms with Crippen LogP contribution in [0.3, 0.4) is 0 Å². The topological polar surface area (TPSA) is 32.3 Å². The molecule has 106 valence electrons. The molecule has 0 radical (unpaired) electrons. The van der Waals surface area contributed by atoms with Crippen LogP contribution in [0.15, 0.2) is 24.8 Å². The number of anilines is 1. The van der Waals surface area contributed by atoms with E-state index in [1.165, 1.54) is 24.1 Å². The third-order valence-corrected chi connectivity index (χ3v) is 4.83. The summed E-state index contributed by atoms with van der Waals surface area (Å²) in [5.74, 6) is 1.21. The van der Waals surface area contributed by atoms with Crippen molar-refractivity contribution < 1.29 is 4.79 Å². The van der Waals surface area contributed by atoms with Gasteiger partial charge in [0.1, 0.15) is 0 Å². The van der Waals surface area contributed by atoms with E-state index in [1.54, 1.807) is 7.05 Å². The van der Waals surface area contributed by atoms with Crippen molar-refractivity contribution in [3.63, 3.8) is 0 Å². The summed E-state index contributed by atoms with van der Waals surface area (Å²) in [5, 5.41) is 2.68. The molecule has 2 aliphatic rings. The minimum absolute atomic E-state index is 0.0415. The number of nitrogens with one attached hydrogen (secondary N) is 1. The quantitative estimate of drug-likeness (QED) is 0.896. The van der Waals surface area contributed by atoms with E-state index in [9.17, 15) is 4.79 Å². The molecule has 0 aromatic heterocycles. The number of amides is 1. The number of rotatable bonds is 2. The summed E-state index contributed by atoms with van der Waals surface area (Å²) in [6, 6.07) is 6.50.